The van der Waals surface area contributed by atoms with Gasteiger partial charge < -0.3 is 25.8 Å². The number of piperidine rings is 1. The maximum absolute atomic E-state index is 13.3. The number of hydrogen-bond acceptors (Lipinski definition) is 4. The number of halogens is 1. The minimum absolute atomic E-state index is 0. The molecule has 181 valence electrons. The summed E-state index contributed by atoms with van der Waals surface area (Å²) in [5, 5.41) is 0. The van der Waals surface area contributed by atoms with Crippen LogP contribution in [0, 0.1) is 30.5 Å². The normalized spacial score (nSPS) is 19.2. The van der Waals surface area contributed by atoms with Crippen molar-refractivity contribution in [2.75, 3.05) is 33.2 Å². The maximum Gasteiger partial charge on any atom is 2.00 e. The molecule has 1 spiro atoms. The average molecular weight is 544 g/mol. The Morgan fingerprint density at radius 3 is 2.38 bits per heavy atom. The third kappa shape index (κ3) is 7.25. The number of likely N-dealkylation sites (N-methyl/N-ethyl adjacent to an activating group) is 1. The molecule has 2 aliphatic rings. The van der Waals surface area contributed by atoms with Crippen LogP contribution < -0.4 is 0 Å². The van der Waals surface area contributed by atoms with E-state index in [2.05, 4.69) is 16.9 Å². The van der Waals surface area contributed by atoms with Crippen molar-refractivity contribution in [1.82, 2.24) is 14.8 Å². The van der Waals surface area contributed by atoms with Gasteiger partial charge >= 0.3 is 22.4 Å². The first kappa shape index (κ1) is 28.2. The van der Waals surface area contributed by atoms with Crippen LogP contribution in [0.3, 0.4) is 0 Å². The number of carbonyl (C=O) groups excluding carboxylic acids is 2. The Morgan fingerprint density at radius 1 is 1.21 bits per heavy atom. The van der Waals surface area contributed by atoms with E-state index in [4.69, 9.17) is 0 Å². The third-order valence-corrected chi connectivity index (χ3v) is 6.66. The Balaban J connectivity index is 0.000000345. The second kappa shape index (κ2) is 12.6. The van der Waals surface area contributed by atoms with Gasteiger partial charge in [-0.05, 0) is 43.0 Å². The van der Waals surface area contributed by atoms with Crippen LogP contribution in [0.15, 0.2) is 42.6 Å². The van der Waals surface area contributed by atoms with Crippen LogP contribution >= 0.6 is 0 Å². The molecule has 34 heavy (non-hydrogen) atoms. The van der Waals surface area contributed by atoms with E-state index >= 15 is 0 Å². The predicted molar refractivity (Wildman–Crippen MR) is 128 cm³/mol. The van der Waals surface area contributed by atoms with Gasteiger partial charge in [-0.2, -0.15) is 12.0 Å². The zero-order valence-electron chi connectivity index (χ0n) is 20.5. The van der Waals surface area contributed by atoms with Crippen molar-refractivity contribution in [3.63, 3.8) is 0 Å². The molecule has 1 aromatic heterocycles. The number of aromatic nitrogens is 1. The van der Waals surface area contributed by atoms with Crippen LogP contribution in [0.4, 0.5) is 4.39 Å². The van der Waals surface area contributed by atoms with E-state index in [-0.39, 0.29) is 45.4 Å². The first-order chi connectivity index (χ1) is 15.7. The molecule has 0 bridgehead atoms. The number of benzene rings is 1. The van der Waals surface area contributed by atoms with Crippen molar-refractivity contribution < 1.29 is 36.4 Å². The van der Waals surface area contributed by atoms with Crippen LogP contribution in [0.2, 0.25) is 0 Å². The largest absolute Gasteiger partial charge is 2.00 e. The van der Waals surface area contributed by atoms with Crippen LogP contribution in [-0.4, -0.2) is 60.2 Å². The molecular weight excluding hydrogens is 510 g/mol. The van der Waals surface area contributed by atoms with E-state index in [1.807, 2.05) is 50.3 Å². The number of pyridine rings is 1. The number of hydrogen-bond donors (Lipinski definition) is 0. The molecule has 0 saturated carbocycles. The van der Waals surface area contributed by atoms with Gasteiger partial charge in [0, 0.05) is 44.6 Å². The monoisotopic (exact) mass is 544 g/mol. The van der Waals surface area contributed by atoms with E-state index in [1.165, 1.54) is 5.56 Å². The second-order valence-corrected chi connectivity index (χ2v) is 9.72. The Morgan fingerprint density at radius 2 is 1.85 bits per heavy atom. The minimum atomic E-state index is -0.177. The number of likely N-dealkylation sites (tertiary alicyclic amines) is 2. The number of nitrogens with zero attached hydrogens (tertiary/aromatic N) is 3. The first-order valence-corrected chi connectivity index (χ1v) is 11.6. The Kier molecular flexibility index (Phi) is 10.5. The summed E-state index contributed by atoms with van der Waals surface area (Å²) in [5.41, 5.74) is 2.84. The molecule has 1 aromatic carbocycles. The summed E-state index contributed by atoms with van der Waals surface area (Å²) in [7, 11) is 2.16. The molecule has 2 aliphatic heterocycles. The molecule has 4 rings (SSSR count). The quantitative estimate of drug-likeness (QED) is 0.429. The molecule has 0 aliphatic carbocycles. The van der Waals surface area contributed by atoms with Gasteiger partial charge in [0.05, 0.1) is 5.91 Å². The number of rotatable bonds is 4. The van der Waals surface area contributed by atoms with Crippen molar-refractivity contribution in [1.29, 1.82) is 0 Å². The van der Waals surface area contributed by atoms with Gasteiger partial charge in [-0.3, -0.25) is 4.98 Å². The molecule has 1 amide bonds. The second-order valence-electron chi connectivity index (χ2n) is 9.72. The van der Waals surface area contributed by atoms with E-state index in [0.717, 1.165) is 44.6 Å². The number of carbonyl (C=O) groups is 1. The fraction of sp³-hybridized carbons (Fsp3) is 0.481. The van der Waals surface area contributed by atoms with Gasteiger partial charge in [0.25, 0.3) is 0 Å². The Bertz CT molecular complexity index is 943. The van der Waals surface area contributed by atoms with E-state index in [0.29, 0.717) is 11.6 Å². The summed E-state index contributed by atoms with van der Waals surface area (Å²) in [6.45, 7) is 9.71. The van der Waals surface area contributed by atoms with Gasteiger partial charge in [-0.25, -0.2) is 4.39 Å². The van der Waals surface area contributed by atoms with Crippen LogP contribution in [0.25, 0.3) is 0 Å². The smallest absolute Gasteiger partial charge is 0.417 e. The summed E-state index contributed by atoms with van der Waals surface area (Å²) < 4.78 is 13.3. The van der Waals surface area contributed by atoms with Crippen LogP contribution in [0.5, 0.6) is 0 Å². The average Bonchev–Trinajstić information content (AvgIpc) is 3.10. The molecule has 5 nitrogen and oxygen atoms in total. The Labute approximate surface area is 218 Å². The minimum Gasteiger partial charge on any atom is -0.417 e. The molecule has 3 heterocycles. The van der Waals surface area contributed by atoms with Gasteiger partial charge in [0.1, 0.15) is 5.82 Å². The van der Waals surface area contributed by atoms with Gasteiger partial charge in [0.15, 0.2) is 0 Å². The standard InChI is InChI=1S/C20H28FN2O.C7H6NO.Nb/c1-15(2)12-19(24)23-10-8-20(9-11-23)14-22(3)13-18(20)16-4-6-17(21)7-5-16;1-6-2-3-8-7(4-6)5-9;/h4-7,12,15,18H,8-11,13-14H2,1-3H3;2-4H,1H3;/q2*-1;+2. The molecule has 2 saturated heterocycles. The molecule has 1 radical (unpaired) electrons. The summed E-state index contributed by atoms with van der Waals surface area (Å²) in [5.74, 6) is 0.709. The van der Waals surface area contributed by atoms with Crippen molar-refractivity contribution in [2.24, 2.45) is 11.3 Å². The van der Waals surface area contributed by atoms with Crippen LogP contribution in [-0.2, 0) is 32.0 Å². The van der Waals surface area contributed by atoms with Crippen molar-refractivity contribution in [2.45, 2.75) is 39.5 Å². The Hall–Kier alpha value is -1.99. The summed E-state index contributed by atoms with van der Waals surface area (Å²) >= 11 is 0. The fourth-order valence-electron chi connectivity index (χ4n) is 5.03. The van der Waals surface area contributed by atoms with E-state index < -0.39 is 0 Å². The molecule has 0 N–H and O–H groups in total. The molecular formula is C27H34FN3NbO2. The maximum atomic E-state index is 13.3. The summed E-state index contributed by atoms with van der Waals surface area (Å²) in [6, 6.07) is 10.5. The zero-order chi connectivity index (χ0) is 24.0. The van der Waals surface area contributed by atoms with Crippen molar-refractivity contribution >= 4 is 12.2 Å². The molecule has 1 atom stereocenters. The van der Waals surface area contributed by atoms with Gasteiger partial charge in [-0.1, -0.05) is 44.7 Å². The predicted octanol–water partition coefficient (Wildman–Crippen LogP) is 4.17. The topological polar surface area (TPSA) is 53.5 Å². The summed E-state index contributed by atoms with van der Waals surface area (Å²) in [6.07, 6.45) is 7.16. The summed E-state index contributed by atoms with van der Waals surface area (Å²) in [4.78, 5) is 30.4. The van der Waals surface area contributed by atoms with Gasteiger partial charge in [0.2, 0.25) is 0 Å². The molecule has 2 fully saturated rings. The molecule has 7 heteroatoms. The van der Waals surface area contributed by atoms with E-state index in [9.17, 15) is 14.0 Å². The van der Waals surface area contributed by atoms with E-state index in [1.54, 1.807) is 30.7 Å². The number of aryl methyl sites for hydroxylation is 1. The van der Waals surface area contributed by atoms with Crippen LogP contribution in [0.1, 0.15) is 49.4 Å². The SMILES string of the molecule is CC(C)[CH-]C(=O)N1CCC2(CC1)CN(C)CC2c1ccc(F)cc1.Cc1ccnc([C-]=O)c1.[Nb+2]. The number of amides is 1. The zero-order valence-corrected chi connectivity index (χ0v) is 22.7. The third-order valence-electron chi connectivity index (χ3n) is 6.66. The first-order valence-electron chi connectivity index (χ1n) is 11.6. The van der Waals surface area contributed by atoms with Crippen molar-refractivity contribution in [3.8, 4) is 0 Å². The fourth-order valence-corrected chi connectivity index (χ4v) is 5.03. The molecule has 1 unspecified atom stereocenters. The van der Waals surface area contributed by atoms with Gasteiger partial charge in [-0.15, -0.1) is 5.56 Å². The van der Waals surface area contributed by atoms with Crippen molar-refractivity contribution in [3.05, 3.63) is 71.7 Å². The molecule has 2 aromatic rings.